The molecule has 4 rings (SSSR count). The van der Waals surface area contributed by atoms with E-state index >= 15 is 0 Å². The first-order valence-corrected chi connectivity index (χ1v) is 13.1. The second-order valence-corrected chi connectivity index (χ2v) is 10.2. The van der Waals surface area contributed by atoms with Gasteiger partial charge in [-0.25, -0.2) is 0 Å². The largest absolute Gasteiger partial charge is 0.394 e. The minimum atomic E-state index is -1.56. The summed E-state index contributed by atoms with van der Waals surface area (Å²) in [6, 6.07) is -3.87. The third-order valence-corrected chi connectivity index (χ3v) is 7.36. The maximum absolute atomic E-state index is 10.8. The van der Waals surface area contributed by atoms with Gasteiger partial charge >= 0.3 is 0 Å². The molecule has 20 nitrogen and oxygen atoms in total. The van der Waals surface area contributed by atoms with Gasteiger partial charge in [-0.15, -0.1) is 0 Å². The summed E-state index contributed by atoms with van der Waals surface area (Å²) in [6.07, 6.45) is -16.5. The van der Waals surface area contributed by atoms with Crippen molar-refractivity contribution >= 4 is 11.8 Å². The van der Waals surface area contributed by atoms with E-state index in [1.165, 1.54) is 0 Å². The molecule has 15 atom stereocenters. The van der Waals surface area contributed by atoms with Crippen LogP contribution in [-0.2, 0) is 33.3 Å². The molecular formula is C22H40N4O16. The average molecular weight is 617 g/mol. The monoisotopic (exact) mass is 616 g/mol. The third-order valence-electron chi connectivity index (χ3n) is 7.36. The van der Waals surface area contributed by atoms with E-state index in [9.17, 15) is 50.4 Å². The maximum atomic E-state index is 10.8. The first-order chi connectivity index (χ1) is 19.8. The summed E-state index contributed by atoms with van der Waals surface area (Å²) in [4.78, 5) is 20.5. The Morgan fingerprint density at radius 3 is 1.48 bits per heavy atom. The maximum Gasteiger partial charge on any atom is 0.253 e. The molecule has 4 saturated heterocycles. The molecule has 0 saturated carbocycles. The first-order valence-electron chi connectivity index (χ1n) is 13.1. The van der Waals surface area contributed by atoms with E-state index in [4.69, 9.17) is 46.1 Å². The minimum Gasteiger partial charge on any atom is -0.394 e. The number of aliphatic hydroxyl groups is 8. The molecule has 0 aromatic carbocycles. The smallest absolute Gasteiger partial charge is 0.253 e. The second kappa shape index (κ2) is 15.0. The Bertz CT molecular complexity index is 884. The molecule has 244 valence electrons. The van der Waals surface area contributed by atoms with Crippen molar-refractivity contribution in [2.45, 2.75) is 105 Å². The van der Waals surface area contributed by atoms with Crippen LogP contribution in [0.3, 0.4) is 0 Å². The lowest BCUT2D eigenvalue weighted by Gasteiger charge is -2.48. The van der Waals surface area contributed by atoms with Crippen LogP contribution in [0.25, 0.3) is 0 Å². The van der Waals surface area contributed by atoms with Crippen molar-refractivity contribution in [2.24, 2.45) is 17.2 Å². The number of hydrogen-bond donors (Lipinski definition) is 12. The molecule has 42 heavy (non-hydrogen) atoms. The number of nitrogens with two attached hydrogens (primary N) is 3. The highest BCUT2D eigenvalue weighted by atomic mass is 16.7. The van der Waals surface area contributed by atoms with Crippen molar-refractivity contribution in [3.63, 3.8) is 0 Å². The number of nitrogens with zero attached hydrogens (tertiary/aromatic N) is 1. The van der Waals surface area contributed by atoms with Crippen molar-refractivity contribution in [1.82, 2.24) is 5.06 Å². The summed E-state index contributed by atoms with van der Waals surface area (Å²) in [5.74, 6) is -1.01. The van der Waals surface area contributed by atoms with E-state index in [1.807, 2.05) is 0 Å². The lowest BCUT2D eigenvalue weighted by Crippen LogP contribution is -2.69. The van der Waals surface area contributed by atoms with Crippen molar-refractivity contribution in [2.75, 3.05) is 19.8 Å². The Balaban J connectivity index is 0.000000521. The SMILES string of the molecule is N[C@H]1[C@H](OC2[C@@H](CO)O[C@@H](OC3[C@@H](CO)O[C@@H](O)[C@H](N)[C@H]3O)[C@H](N)[C@H]2O)O[C@H](CO)[C@@H](O)[C@@H]1O.O=C1CCC(=O)N1O. The van der Waals surface area contributed by atoms with Crippen LogP contribution in [-0.4, -0.2) is 175 Å². The lowest BCUT2D eigenvalue weighted by atomic mass is 9.94. The second-order valence-electron chi connectivity index (χ2n) is 10.2. The fraction of sp³-hybridized carbons (Fsp3) is 0.909. The number of ether oxygens (including phenoxy) is 5. The highest BCUT2D eigenvalue weighted by Crippen LogP contribution is 2.31. The number of hydroxylamine groups is 2. The van der Waals surface area contributed by atoms with E-state index in [0.717, 1.165) is 0 Å². The van der Waals surface area contributed by atoms with Crippen molar-refractivity contribution in [3.05, 3.63) is 0 Å². The van der Waals surface area contributed by atoms with E-state index in [-0.39, 0.29) is 17.9 Å². The molecule has 0 aromatic heterocycles. The normalized spacial score (nSPS) is 46.4. The van der Waals surface area contributed by atoms with Crippen LogP contribution in [0.1, 0.15) is 12.8 Å². The Morgan fingerprint density at radius 1 is 0.643 bits per heavy atom. The van der Waals surface area contributed by atoms with Crippen molar-refractivity contribution in [3.8, 4) is 0 Å². The quantitative estimate of drug-likeness (QED) is 0.0932. The molecule has 0 spiro atoms. The number of aliphatic hydroxyl groups excluding tert-OH is 8. The molecule has 2 amide bonds. The van der Waals surface area contributed by atoms with Gasteiger partial charge in [-0.1, -0.05) is 0 Å². The van der Waals surface area contributed by atoms with E-state index < -0.39 is 124 Å². The fourth-order valence-corrected chi connectivity index (χ4v) is 4.75. The van der Waals surface area contributed by atoms with E-state index in [2.05, 4.69) is 0 Å². The predicted molar refractivity (Wildman–Crippen MR) is 130 cm³/mol. The van der Waals surface area contributed by atoms with Crippen LogP contribution in [0, 0.1) is 0 Å². The molecule has 2 unspecified atom stereocenters. The van der Waals surface area contributed by atoms with Crippen LogP contribution >= 0.6 is 0 Å². The number of hydrogen-bond acceptors (Lipinski definition) is 19. The number of imide groups is 1. The molecule has 0 bridgehead atoms. The van der Waals surface area contributed by atoms with Crippen molar-refractivity contribution < 1.29 is 79.3 Å². The topological polar surface area (TPSA) is 344 Å². The predicted octanol–water partition coefficient (Wildman–Crippen LogP) is -8.15. The third kappa shape index (κ3) is 7.39. The van der Waals surface area contributed by atoms with Gasteiger partial charge in [0.2, 0.25) is 0 Å². The summed E-state index contributed by atoms with van der Waals surface area (Å²) in [5, 5.41) is 88.2. The van der Waals surface area contributed by atoms with Gasteiger partial charge in [-0.3, -0.25) is 14.8 Å². The zero-order valence-corrected chi connectivity index (χ0v) is 22.3. The van der Waals surface area contributed by atoms with Gasteiger partial charge in [0, 0.05) is 12.8 Å². The molecular weight excluding hydrogens is 576 g/mol. The van der Waals surface area contributed by atoms with Gasteiger partial charge in [0.25, 0.3) is 11.8 Å². The summed E-state index contributed by atoms with van der Waals surface area (Å²) >= 11 is 0. The summed E-state index contributed by atoms with van der Waals surface area (Å²) in [5.41, 5.74) is 17.6. The molecule has 0 aliphatic carbocycles. The number of amides is 2. The Morgan fingerprint density at radius 2 is 1.05 bits per heavy atom. The number of carbonyl (C=O) groups excluding carboxylic acids is 2. The van der Waals surface area contributed by atoms with Crippen LogP contribution in [0.5, 0.6) is 0 Å². The van der Waals surface area contributed by atoms with E-state index in [0.29, 0.717) is 0 Å². The summed E-state index contributed by atoms with van der Waals surface area (Å²) in [7, 11) is 0. The first kappa shape index (κ1) is 34.9. The lowest BCUT2D eigenvalue weighted by molar-refractivity contribution is -0.348. The van der Waals surface area contributed by atoms with Crippen LogP contribution in [0.2, 0.25) is 0 Å². The summed E-state index contributed by atoms with van der Waals surface area (Å²) in [6.45, 7) is -2.00. The van der Waals surface area contributed by atoms with Crippen molar-refractivity contribution in [1.29, 1.82) is 0 Å². The highest BCUT2D eigenvalue weighted by Gasteiger charge is 2.52. The number of carbonyl (C=O) groups is 2. The Kier molecular flexibility index (Phi) is 12.4. The Hall–Kier alpha value is -1.54. The molecule has 4 heterocycles. The number of rotatable bonds is 7. The van der Waals surface area contributed by atoms with Gasteiger partial charge in [0.1, 0.15) is 54.9 Å². The zero-order valence-electron chi connectivity index (χ0n) is 22.3. The van der Waals surface area contributed by atoms with Crippen LogP contribution in [0.15, 0.2) is 0 Å². The van der Waals surface area contributed by atoms with Gasteiger partial charge in [-0.2, -0.15) is 5.06 Å². The van der Waals surface area contributed by atoms with Gasteiger partial charge in [-0.05, 0) is 0 Å². The molecule has 4 aliphatic rings. The van der Waals surface area contributed by atoms with Crippen LogP contribution < -0.4 is 17.2 Å². The molecule has 0 aromatic rings. The molecule has 4 aliphatic heterocycles. The van der Waals surface area contributed by atoms with Crippen LogP contribution in [0.4, 0.5) is 0 Å². The zero-order chi connectivity index (χ0) is 31.5. The summed E-state index contributed by atoms with van der Waals surface area (Å²) < 4.78 is 27.4. The minimum absolute atomic E-state index is 0.148. The van der Waals surface area contributed by atoms with Gasteiger partial charge < -0.3 is 81.7 Å². The molecule has 0 radical (unpaired) electrons. The Labute approximate surface area is 238 Å². The van der Waals surface area contributed by atoms with Gasteiger partial charge in [0.05, 0.1) is 37.9 Å². The van der Waals surface area contributed by atoms with E-state index in [1.54, 1.807) is 0 Å². The fourth-order valence-electron chi connectivity index (χ4n) is 4.75. The standard InChI is InChI=1S/C18H35N3O13.C4H5NO3/c19-7-12(27)14(5(2-23)30-16(7)29)33-18-9(21)13(28)15(6(3-24)32-18)34-17-8(20)11(26)10(25)4(1-22)31-17;6-3-1-2-4(7)5(3)8/h4-18,22-29H,1-3,19-21H2;8H,1-2H2/t4-,5-,6-,7-,8-,9-,10-,11-,12-,13-,14?,15?,16-,17+,18+;/m1./s1. The average Bonchev–Trinajstić information content (AvgIpc) is 3.27. The highest BCUT2D eigenvalue weighted by molar-refractivity contribution is 6.00. The molecule has 20 heteroatoms. The molecule has 4 fully saturated rings. The van der Waals surface area contributed by atoms with Gasteiger partial charge in [0.15, 0.2) is 18.9 Å². The molecule has 15 N–H and O–H groups in total.